The molecule has 1 heterocycles. The van der Waals surface area contributed by atoms with Gasteiger partial charge in [-0.25, -0.2) is 9.78 Å². The molecule has 84 valence electrons. The Kier molecular flexibility index (Phi) is 3.50. The van der Waals surface area contributed by atoms with Gasteiger partial charge in [0.25, 0.3) is 0 Å². The number of rotatable bonds is 4. The molecule has 0 radical (unpaired) electrons. The van der Waals surface area contributed by atoms with Crippen molar-refractivity contribution in [2.75, 3.05) is 0 Å². The second kappa shape index (κ2) is 4.47. The summed E-state index contributed by atoms with van der Waals surface area (Å²) in [4.78, 5) is 15.0. The van der Waals surface area contributed by atoms with E-state index in [2.05, 4.69) is 18.8 Å². The molecule has 0 aliphatic rings. The molecule has 0 saturated heterocycles. The lowest BCUT2D eigenvalue weighted by molar-refractivity contribution is 0.0689. The highest BCUT2D eigenvalue weighted by atomic mass is 16.4. The summed E-state index contributed by atoms with van der Waals surface area (Å²) in [5.74, 6) is 0.394. The normalized spacial score (nSPS) is 11.0. The van der Waals surface area contributed by atoms with E-state index in [0.29, 0.717) is 5.92 Å². The molecule has 4 heteroatoms. The summed E-state index contributed by atoms with van der Waals surface area (Å²) in [5.41, 5.74) is 1.03. The number of carboxylic acid groups (broad SMARTS) is 1. The molecule has 0 bridgehead atoms. The van der Waals surface area contributed by atoms with E-state index in [0.717, 1.165) is 24.4 Å². The SMILES string of the molecule is Cc1nc(C(=O)O)c(CCC(C)C)n1C. The van der Waals surface area contributed by atoms with E-state index in [-0.39, 0.29) is 5.69 Å². The molecular formula is C11H18N2O2. The van der Waals surface area contributed by atoms with Gasteiger partial charge in [0.05, 0.1) is 5.69 Å². The molecule has 4 nitrogen and oxygen atoms in total. The summed E-state index contributed by atoms with van der Waals surface area (Å²) >= 11 is 0. The number of aromatic carboxylic acids is 1. The molecular weight excluding hydrogens is 192 g/mol. The molecule has 0 fully saturated rings. The second-order valence-corrected chi connectivity index (χ2v) is 4.25. The van der Waals surface area contributed by atoms with E-state index in [1.165, 1.54) is 0 Å². The van der Waals surface area contributed by atoms with Crippen LogP contribution in [0.2, 0.25) is 0 Å². The van der Waals surface area contributed by atoms with Gasteiger partial charge >= 0.3 is 5.97 Å². The van der Waals surface area contributed by atoms with Crippen molar-refractivity contribution in [3.63, 3.8) is 0 Å². The summed E-state index contributed by atoms with van der Waals surface area (Å²) in [6.45, 7) is 6.08. The van der Waals surface area contributed by atoms with Gasteiger partial charge in [0.15, 0.2) is 5.69 Å². The number of nitrogens with zero attached hydrogens (tertiary/aromatic N) is 2. The summed E-state index contributed by atoms with van der Waals surface area (Å²) in [6, 6.07) is 0. The van der Waals surface area contributed by atoms with Crippen LogP contribution in [0, 0.1) is 12.8 Å². The van der Waals surface area contributed by atoms with E-state index in [4.69, 9.17) is 5.11 Å². The quantitative estimate of drug-likeness (QED) is 0.827. The standard InChI is InChI=1S/C11H18N2O2/c1-7(2)5-6-9-10(11(14)15)12-8(3)13(9)4/h7H,5-6H2,1-4H3,(H,14,15). The molecule has 0 spiro atoms. The zero-order valence-corrected chi connectivity index (χ0v) is 9.74. The first-order chi connectivity index (χ1) is 6.93. The first-order valence-electron chi connectivity index (χ1n) is 5.19. The highest BCUT2D eigenvalue weighted by Crippen LogP contribution is 2.15. The number of imidazole rings is 1. The third-order valence-corrected chi connectivity index (χ3v) is 2.60. The van der Waals surface area contributed by atoms with Crippen molar-refractivity contribution < 1.29 is 9.90 Å². The van der Waals surface area contributed by atoms with Crippen LogP contribution in [0.15, 0.2) is 0 Å². The molecule has 0 amide bonds. The van der Waals surface area contributed by atoms with Crippen LogP contribution in [-0.4, -0.2) is 20.6 Å². The largest absolute Gasteiger partial charge is 0.476 e. The van der Waals surface area contributed by atoms with Crippen molar-refractivity contribution in [1.29, 1.82) is 0 Å². The zero-order valence-electron chi connectivity index (χ0n) is 9.74. The molecule has 0 aliphatic heterocycles. The van der Waals surface area contributed by atoms with E-state index in [1.54, 1.807) is 0 Å². The van der Waals surface area contributed by atoms with E-state index < -0.39 is 5.97 Å². The van der Waals surface area contributed by atoms with Gasteiger partial charge in [0.1, 0.15) is 5.82 Å². The molecule has 0 aliphatic carbocycles. The third-order valence-electron chi connectivity index (χ3n) is 2.60. The lowest BCUT2D eigenvalue weighted by atomic mass is 10.1. The Hall–Kier alpha value is -1.32. The van der Waals surface area contributed by atoms with Crippen LogP contribution in [0.3, 0.4) is 0 Å². The summed E-state index contributed by atoms with van der Waals surface area (Å²) in [6.07, 6.45) is 1.76. The first kappa shape index (κ1) is 11.8. The highest BCUT2D eigenvalue weighted by molar-refractivity contribution is 5.86. The Morgan fingerprint density at radius 2 is 2.13 bits per heavy atom. The van der Waals surface area contributed by atoms with E-state index in [1.807, 2.05) is 18.5 Å². The minimum absolute atomic E-state index is 0.204. The number of aromatic nitrogens is 2. The number of carbonyl (C=O) groups is 1. The molecule has 1 aromatic heterocycles. The van der Waals surface area contributed by atoms with Crippen LogP contribution < -0.4 is 0 Å². The van der Waals surface area contributed by atoms with Gasteiger partial charge in [-0.05, 0) is 25.7 Å². The maximum Gasteiger partial charge on any atom is 0.356 e. The molecule has 15 heavy (non-hydrogen) atoms. The Morgan fingerprint density at radius 3 is 2.60 bits per heavy atom. The van der Waals surface area contributed by atoms with Crippen molar-refractivity contribution in [2.45, 2.75) is 33.6 Å². The molecule has 0 aromatic carbocycles. The Labute approximate surface area is 89.9 Å². The summed E-state index contributed by atoms with van der Waals surface area (Å²) in [7, 11) is 1.87. The van der Waals surface area contributed by atoms with Crippen molar-refractivity contribution in [3.8, 4) is 0 Å². The smallest absolute Gasteiger partial charge is 0.356 e. The van der Waals surface area contributed by atoms with Gasteiger partial charge in [-0.1, -0.05) is 13.8 Å². The third kappa shape index (κ3) is 2.58. The maximum atomic E-state index is 11.0. The predicted octanol–water partition coefficient (Wildman–Crippen LogP) is 2.02. The maximum absolute atomic E-state index is 11.0. The van der Waals surface area contributed by atoms with Crippen molar-refractivity contribution in [2.24, 2.45) is 13.0 Å². The molecule has 0 atom stereocenters. The second-order valence-electron chi connectivity index (χ2n) is 4.25. The van der Waals surface area contributed by atoms with Gasteiger partial charge in [-0.15, -0.1) is 0 Å². The topological polar surface area (TPSA) is 55.1 Å². The van der Waals surface area contributed by atoms with Gasteiger partial charge in [0.2, 0.25) is 0 Å². The van der Waals surface area contributed by atoms with Crippen LogP contribution in [0.5, 0.6) is 0 Å². The van der Waals surface area contributed by atoms with Crippen LogP contribution in [0.25, 0.3) is 0 Å². The lowest BCUT2D eigenvalue weighted by Crippen LogP contribution is -2.06. The Bertz CT molecular complexity index is 367. The minimum Gasteiger partial charge on any atom is -0.476 e. The van der Waals surface area contributed by atoms with Crippen molar-refractivity contribution >= 4 is 5.97 Å². The minimum atomic E-state index is -0.933. The predicted molar refractivity (Wildman–Crippen MR) is 58.1 cm³/mol. The molecule has 1 rings (SSSR count). The van der Waals surface area contributed by atoms with E-state index >= 15 is 0 Å². The fourth-order valence-corrected chi connectivity index (χ4v) is 1.54. The summed E-state index contributed by atoms with van der Waals surface area (Å²) in [5, 5.41) is 8.99. The zero-order chi connectivity index (χ0) is 11.6. The Balaban J connectivity index is 2.98. The monoisotopic (exact) mass is 210 g/mol. The molecule has 1 aromatic rings. The van der Waals surface area contributed by atoms with Gasteiger partial charge < -0.3 is 9.67 Å². The average Bonchev–Trinajstić information content (AvgIpc) is 2.41. The highest BCUT2D eigenvalue weighted by Gasteiger charge is 2.17. The van der Waals surface area contributed by atoms with Gasteiger partial charge in [-0.3, -0.25) is 0 Å². The fourth-order valence-electron chi connectivity index (χ4n) is 1.54. The van der Waals surface area contributed by atoms with Crippen molar-refractivity contribution in [3.05, 3.63) is 17.2 Å². The fraction of sp³-hybridized carbons (Fsp3) is 0.636. The van der Waals surface area contributed by atoms with Crippen molar-refractivity contribution in [1.82, 2.24) is 9.55 Å². The molecule has 0 saturated carbocycles. The number of hydrogen-bond acceptors (Lipinski definition) is 2. The van der Waals surface area contributed by atoms with Crippen LogP contribution >= 0.6 is 0 Å². The van der Waals surface area contributed by atoms with Gasteiger partial charge in [0, 0.05) is 7.05 Å². The lowest BCUT2D eigenvalue weighted by Gasteiger charge is -2.06. The van der Waals surface area contributed by atoms with Crippen LogP contribution in [0.1, 0.15) is 42.3 Å². The van der Waals surface area contributed by atoms with E-state index in [9.17, 15) is 4.79 Å². The van der Waals surface area contributed by atoms with Gasteiger partial charge in [-0.2, -0.15) is 0 Å². The number of aryl methyl sites for hydroxylation is 1. The molecule has 0 unspecified atom stereocenters. The average molecular weight is 210 g/mol. The number of hydrogen-bond donors (Lipinski definition) is 1. The summed E-state index contributed by atoms with van der Waals surface area (Å²) < 4.78 is 1.87. The Morgan fingerprint density at radius 1 is 1.53 bits per heavy atom. The van der Waals surface area contributed by atoms with Crippen LogP contribution in [-0.2, 0) is 13.5 Å². The molecule has 1 N–H and O–H groups in total. The first-order valence-corrected chi connectivity index (χ1v) is 5.19. The number of carboxylic acids is 1. The van der Waals surface area contributed by atoms with Crippen LogP contribution in [0.4, 0.5) is 0 Å².